The van der Waals surface area contributed by atoms with Crippen LogP contribution in [0.15, 0.2) is 47.2 Å². The normalized spacial score (nSPS) is 14.0. The van der Waals surface area contributed by atoms with Gasteiger partial charge in [0.25, 0.3) is 5.91 Å². The molecule has 108 valence electrons. The number of hydrogen-bond donors (Lipinski definition) is 0. The number of nitrogens with zero attached hydrogens (tertiary/aromatic N) is 2. The van der Waals surface area contributed by atoms with Crippen molar-refractivity contribution in [2.75, 3.05) is 0 Å². The molecule has 1 aliphatic carbocycles. The van der Waals surface area contributed by atoms with Crippen molar-refractivity contribution in [3.05, 3.63) is 63.9 Å². The van der Waals surface area contributed by atoms with E-state index in [1.807, 2.05) is 42.2 Å². The van der Waals surface area contributed by atoms with E-state index in [2.05, 4.69) is 20.9 Å². The average molecular weight is 345 g/mol. The summed E-state index contributed by atoms with van der Waals surface area (Å²) in [6.07, 6.45) is 5.75. The van der Waals surface area contributed by atoms with E-state index in [0.29, 0.717) is 12.6 Å². The summed E-state index contributed by atoms with van der Waals surface area (Å²) in [6, 6.07) is 10.1. The summed E-state index contributed by atoms with van der Waals surface area (Å²) in [6.45, 7) is 2.66. The van der Waals surface area contributed by atoms with Crippen LogP contribution in [0.4, 0.5) is 0 Å². The second-order valence-corrected chi connectivity index (χ2v) is 6.34. The van der Waals surface area contributed by atoms with Crippen LogP contribution in [0.25, 0.3) is 0 Å². The molecule has 21 heavy (non-hydrogen) atoms. The summed E-state index contributed by atoms with van der Waals surface area (Å²) in [5.74, 6) is 0.116. The predicted molar refractivity (Wildman–Crippen MR) is 86.0 cm³/mol. The minimum atomic E-state index is 0.116. The highest BCUT2D eigenvalue weighted by atomic mass is 79.9. The van der Waals surface area contributed by atoms with Gasteiger partial charge < -0.3 is 4.90 Å². The zero-order chi connectivity index (χ0) is 14.8. The molecule has 3 nitrogen and oxygen atoms in total. The van der Waals surface area contributed by atoms with Gasteiger partial charge in [-0.25, -0.2) is 0 Å². The molecule has 0 spiro atoms. The van der Waals surface area contributed by atoms with Gasteiger partial charge in [-0.05, 0) is 61.2 Å². The molecule has 1 amide bonds. The lowest BCUT2D eigenvalue weighted by atomic mass is 10.1. The topological polar surface area (TPSA) is 33.2 Å². The third-order valence-corrected chi connectivity index (χ3v) is 4.65. The van der Waals surface area contributed by atoms with Crippen molar-refractivity contribution < 1.29 is 4.79 Å². The lowest BCUT2D eigenvalue weighted by Crippen LogP contribution is -2.32. The first kappa shape index (κ1) is 14.3. The van der Waals surface area contributed by atoms with E-state index < -0.39 is 0 Å². The number of carbonyl (C=O) groups excluding carboxylic acids is 1. The first-order valence-electron chi connectivity index (χ1n) is 7.11. The molecular weight excluding hydrogens is 328 g/mol. The maximum absolute atomic E-state index is 12.8. The monoisotopic (exact) mass is 344 g/mol. The van der Waals surface area contributed by atoms with Crippen molar-refractivity contribution in [1.82, 2.24) is 9.88 Å². The molecule has 0 saturated heterocycles. The summed E-state index contributed by atoms with van der Waals surface area (Å²) in [7, 11) is 0. The van der Waals surface area contributed by atoms with Crippen LogP contribution in [-0.2, 0) is 6.54 Å². The van der Waals surface area contributed by atoms with Crippen molar-refractivity contribution >= 4 is 21.8 Å². The van der Waals surface area contributed by atoms with Crippen LogP contribution in [0.5, 0.6) is 0 Å². The summed E-state index contributed by atoms with van der Waals surface area (Å²) in [5.41, 5.74) is 2.97. The van der Waals surface area contributed by atoms with Crippen LogP contribution >= 0.6 is 15.9 Å². The van der Waals surface area contributed by atoms with Crippen molar-refractivity contribution in [3.8, 4) is 0 Å². The number of benzene rings is 1. The second kappa shape index (κ2) is 5.98. The summed E-state index contributed by atoms with van der Waals surface area (Å²) >= 11 is 3.48. The Morgan fingerprint density at radius 3 is 2.62 bits per heavy atom. The Labute approximate surface area is 133 Å². The van der Waals surface area contributed by atoms with Crippen molar-refractivity contribution in [3.63, 3.8) is 0 Å². The van der Waals surface area contributed by atoms with Gasteiger partial charge in [0.05, 0.1) is 0 Å². The first-order chi connectivity index (χ1) is 10.1. The predicted octanol–water partition coefficient (Wildman–Crippen LogP) is 3.96. The fourth-order valence-corrected chi connectivity index (χ4v) is 2.63. The molecule has 0 unspecified atom stereocenters. The number of amides is 1. The highest BCUT2D eigenvalue weighted by Crippen LogP contribution is 2.30. The van der Waals surface area contributed by atoms with Crippen molar-refractivity contribution in [2.45, 2.75) is 32.4 Å². The summed E-state index contributed by atoms with van der Waals surface area (Å²) < 4.78 is 1.03. The SMILES string of the molecule is Cc1cc(C(=O)N(Cc2ccncc2)C2CC2)ccc1Br. The minimum Gasteiger partial charge on any atom is -0.331 e. The maximum Gasteiger partial charge on any atom is 0.254 e. The van der Waals surface area contributed by atoms with Crippen LogP contribution in [0.1, 0.15) is 34.3 Å². The largest absolute Gasteiger partial charge is 0.331 e. The Bertz CT molecular complexity index is 653. The number of halogens is 1. The summed E-state index contributed by atoms with van der Waals surface area (Å²) in [4.78, 5) is 18.8. The van der Waals surface area contributed by atoms with Gasteiger partial charge in [0, 0.05) is 35.0 Å². The number of hydrogen-bond acceptors (Lipinski definition) is 2. The van der Waals surface area contributed by atoms with E-state index in [0.717, 1.165) is 34.0 Å². The molecule has 0 N–H and O–H groups in total. The Balaban J connectivity index is 1.83. The van der Waals surface area contributed by atoms with E-state index in [1.165, 1.54) is 0 Å². The van der Waals surface area contributed by atoms with Gasteiger partial charge in [-0.2, -0.15) is 0 Å². The molecule has 1 aliphatic rings. The van der Waals surface area contributed by atoms with Crippen LogP contribution < -0.4 is 0 Å². The molecule has 0 radical (unpaired) electrons. The van der Waals surface area contributed by atoms with Crippen molar-refractivity contribution in [1.29, 1.82) is 0 Å². The fraction of sp³-hybridized carbons (Fsp3) is 0.294. The zero-order valence-corrected chi connectivity index (χ0v) is 13.5. The minimum absolute atomic E-state index is 0.116. The number of carbonyl (C=O) groups is 1. The van der Waals surface area contributed by atoms with Crippen LogP contribution in [0, 0.1) is 6.92 Å². The van der Waals surface area contributed by atoms with Gasteiger partial charge in [-0.15, -0.1) is 0 Å². The molecule has 0 atom stereocenters. The van der Waals surface area contributed by atoms with E-state index >= 15 is 0 Å². The lowest BCUT2D eigenvalue weighted by Gasteiger charge is -2.23. The van der Waals surface area contributed by atoms with Crippen molar-refractivity contribution in [2.24, 2.45) is 0 Å². The van der Waals surface area contributed by atoms with Crippen LogP contribution in [0.2, 0.25) is 0 Å². The Kier molecular flexibility index (Phi) is 4.06. The smallest absolute Gasteiger partial charge is 0.254 e. The van der Waals surface area contributed by atoms with Crippen LogP contribution in [-0.4, -0.2) is 21.8 Å². The molecular formula is C17H17BrN2O. The van der Waals surface area contributed by atoms with E-state index in [1.54, 1.807) is 12.4 Å². The van der Waals surface area contributed by atoms with E-state index in [9.17, 15) is 4.79 Å². The molecule has 3 rings (SSSR count). The van der Waals surface area contributed by atoms with Crippen LogP contribution in [0.3, 0.4) is 0 Å². The molecule has 0 aliphatic heterocycles. The molecule has 1 heterocycles. The summed E-state index contributed by atoms with van der Waals surface area (Å²) in [5, 5.41) is 0. The lowest BCUT2D eigenvalue weighted by molar-refractivity contribution is 0.0730. The van der Waals surface area contributed by atoms with E-state index in [4.69, 9.17) is 0 Å². The van der Waals surface area contributed by atoms with Gasteiger partial charge in [-0.1, -0.05) is 15.9 Å². The quantitative estimate of drug-likeness (QED) is 0.840. The molecule has 1 aromatic heterocycles. The number of aryl methyl sites for hydroxylation is 1. The average Bonchev–Trinajstić information content (AvgIpc) is 3.33. The number of pyridine rings is 1. The molecule has 1 fully saturated rings. The van der Waals surface area contributed by atoms with Gasteiger partial charge in [0.15, 0.2) is 0 Å². The molecule has 1 saturated carbocycles. The zero-order valence-electron chi connectivity index (χ0n) is 11.9. The first-order valence-corrected chi connectivity index (χ1v) is 7.90. The highest BCUT2D eigenvalue weighted by molar-refractivity contribution is 9.10. The Morgan fingerprint density at radius 1 is 1.29 bits per heavy atom. The van der Waals surface area contributed by atoms with Gasteiger partial charge in [0.1, 0.15) is 0 Å². The molecule has 2 aromatic rings. The molecule has 1 aromatic carbocycles. The Morgan fingerprint density at radius 2 is 2.00 bits per heavy atom. The fourth-order valence-electron chi connectivity index (χ4n) is 2.38. The third kappa shape index (κ3) is 3.32. The number of aromatic nitrogens is 1. The maximum atomic E-state index is 12.8. The van der Waals surface area contributed by atoms with Gasteiger partial charge >= 0.3 is 0 Å². The van der Waals surface area contributed by atoms with E-state index in [-0.39, 0.29) is 5.91 Å². The van der Waals surface area contributed by atoms with Gasteiger partial charge in [-0.3, -0.25) is 9.78 Å². The highest BCUT2D eigenvalue weighted by Gasteiger charge is 2.33. The number of rotatable bonds is 4. The van der Waals surface area contributed by atoms with Gasteiger partial charge in [0.2, 0.25) is 0 Å². The second-order valence-electron chi connectivity index (χ2n) is 5.48. The Hall–Kier alpha value is -1.68. The molecule has 4 heteroatoms. The molecule has 0 bridgehead atoms. The third-order valence-electron chi connectivity index (χ3n) is 3.76. The standard InChI is InChI=1S/C17H17BrN2O/c1-12-10-14(2-5-16(12)18)17(21)20(15-3-4-15)11-13-6-8-19-9-7-13/h2,5-10,15H,3-4,11H2,1H3.